The van der Waals surface area contributed by atoms with E-state index in [9.17, 15) is 23.3 Å². The zero-order valence-corrected chi connectivity index (χ0v) is 13.7. The van der Waals surface area contributed by atoms with Crippen molar-refractivity contribution in [3.63, 3.8) is 0 Å². The summed E-state index contributed by atoms with van der Waals surface area (Å²) in [5, 5.41) is 11.0. The van der Waals surface area contributed by atoms with Crippen LogP contribution in [0.15, 0.2) is 47.4 Å². The number of anilines is 1. The molecule has 2 aromatic rings. The van der Waals surface area contributed by atoms with E-state index in [1.807, 2.05) is 0 Å². The monoisotopic (exact) mass is 350 g/mol. The van der Waals surface area contributed by atoms with Crippen molar-refractivity contribution >= 4 is 27.4 Å². The van der Waals surface area contributed by atoms with Gasteiger partial charge in [-0.25, -0.2) is 13.2 Å². The molecule has 0 aromatic heterocycles. The van der Waals surface area contributed by atoms with Gasteiger partial charge >= 0.3 is 5.97 Å². The summed E-state index contributed by atoms with van der Waals surface area (Å²) in [4.78, 5) is 21.4. The number of ether oxygens (including phenoxy) is 1. The molecule has 2 aromatic carbocycles. The van der Waals surface area contributed by atoms with Crippen molar-refractivity contribution in [2.45, 2.75) is 11.8 Å². The zero-order valence-electron chi connectivity index (χ0n) is 12.8. The number of carbonyl (C=O) groups excluding carboxylic acids is 1. The second-order valence-electron chi connectivity index (χ2n) is 4.85. The summed E-state index contributed by atoms with van der Waals surface area (Å²) in [7, 11) is -3.00. The molecule has 126 valence electrons. The fourth-order valence-electron chi connectivity index (χ4n) is 2.01. The highest BCUT2D eigenvalue weighted by atomic mass is 32.2. The van der Waals surface area contributed by atoms with Gasteiger partial charge in [0.2, 0.25) is 0 Å². The number of nitro groups is 1. The number of hydrogen-bond donors (Lipinski definition) is 1. The van der Waals surface area contributed by atoms with Gasteiger partial charge in [-0.3, -0.25) is 14.8 Å². The molecule has 0 aliphatic carbocycles. The molecule has 0 spiro atoms. The molecule has 0 amide bonds. The number of benzene rings is 2. The topological polar surface area (TPSA) is 116 Å². The van der Waals surface area contributed by atoms with Gasteiger partial charge < -0.3 is 4.74 Å². The van der Waals surface area contributed by atoms with Crippen molar-refractivity contribution in [3.05, 3.63) is 63.7 Å². The molecule has 9 heteroatoms. The summed E-state index contributed by atoms with van der Waals surface area (Å²) in [5.41, 5.74) is 0.302. The van der Waals surface area contributed by atoms with Gasteiger partial charge in [-0.15, -0.1) is 0 Å². The maximum atomic E-state index is 12.5. The minimum absolute atomic E-state index is 0.135. The molecule has 2 rings (SSSR count). The Morgan fingerprint density at radius 2 is 1.88 bits per heavy atom. The van der Waals surface area contributed by atoms with Gasteiger partial charge in [0.15, 0.2) is 4.90 Å². The van der Waals surface area contributed by atoms with Crippen LogP contribution in [0.1, 0.15) is 15.9 Å². The quantitative estimate of drug-likeness (QED) is 0.503. The van der Waals surface area contributed by atoms with Crippen LogP contribution in [0.5, 0.6) is 0 Å². The summed E-state index contributed by atoms with van der Waals surface area (Å²) in [6, 6.07) is 9.35. The summed E-state index contributed by atoms with van der Waals surface area (Å²) < 4.78 is 31.9. The highest BCUT2D eigenvalue weighted by Gasteiger charge is 2.25. The number of esters is 1. The van der Waals surface area contributed by atoms with Crippen LogP contribution in [0.3, 0.4) is 0 Å². The highest BCUT2D eigenvalue weighted by Crippen LogP contribution is 2.27. The lowest BCUT2D eigenvalue weighted by Crippen LogP contribution is -2.16. The Kier molecular flexibility index (Phi) is 4.84. The molecular formula is C15H14N2O6S. The third-order valence-electron chi connectivity index (χ3n) is 3.25. The number of carbonyl (C=O) groups is 1. The molecule has 0 aliphatic heterocycles. The largest absolute Gasteiger partial charge is 0.465 e. The van der Waals surface area contributed by atoms with E-state index in [1.165, 1.54) is 31.4 Å². The number of nitro benzene ring substituents is 1. The summed E-state index contributed by atoms with van der Waals surface area (Å²) in [6.07, 6.45) is 0. The van der Waals surface area contributed by atoms with Crippen LogP contribution in [-0.2, 0) is 14.8 Å². The Balaban J connectivity index is 2.47. The first kappa shape index (κ1) is 17.4. The second kappa shape index (κ2) is 6.67. The van der Waals surface area contributed by atoms with Crippen LogP contribution in [0.4, 0.5) is 11.4 Å². The Labute approximate surface area is 138 Å². The van der Waals surface area contributed by atoms with E-state index >= 15 is 0 Å². The smallest absolute Gasteiger partial charge is 0.337 e. The maximum absolute atomic E-state index is 12.5. The minimum atomic E-state index is -4.20. The number of hydrogen-bond acceptors (Lipinski definition) is 6. The van der Waals surface area contributed by atoms with E-state index in [2.05, 4.69) is 9.46 Å². The molecule has 24 heavy (non-hydrogen) atoms. The molecule has 0 saturated heterocycles. The maximum Gasteiger partial charge on any atom is 0.337 e. The van der Waals surface area contributed by atoms with E-state index in [0.717, 1.165) is 12.1 Å². The number of sulfonamides is 1. The van der Waals surface area contributed by atoms with Crippen molar-refractivity contribution in [1.29, 1.82) is 0 Å². The van der Waals surface area contributed by atoms with Crippen LogP contribution in [0, 0.1) is 17.0 Å². The average molecular weight is 350 g/mol. The Morgan fingerprint density at radius 1 is 1.21 bits per heavy atom. The molecule has 0 aliphatic rings. The number of rotatable bonds is 5. The van der Waals surface area contributed by atoms with E-state index in [1.54, 1.807) is 13.0 Å². The van der Waals surface area contributed by atoms with Gasteiger partial charge in [0, 0.05) is 6.07 Å². The highest BCUT2D eigenvalue weighted by molar-refractivity contribution is 7.92. The Bertz CT molecular complexity index is 908. The molecule has 0 heterocycles. The van der Waals surface area contributed by atoms with Crippen molar-refractivity contribution in [3.8, 4) is 0 Å². The lowest BCUT2D eigenvalue weighted by atomic mass is 10.1. The molecule has 1 N–H and O–H groups in total. The zero-order chi connectivity index (χ0) is 17.9. The number of nitrogens with zero attached hydrogens (tertiary/aromatic N) is 1. The van der Waals surface area contributed by atoms with E-state index in [4.69, 9.17) is 0 Å². The Hall–Kier alpha value is -2.94. The summed E-state index contributed by atoms with van der Waals surface area (Å²) >= 11 is 0. The molecule has 0 unspecified atom stereocenters. The summed E-state index contributed by atoms with van der Waals surface area (Å²) in [5.74, 6) is -0.624. The lowest BCUT2D eigenvalue weighted by Gasteiger charge is -2.12. The fraction of sp³-hybridized carbons (Fsp3) is 0.133. The van der Waals surface area contributed by atoms with Gasteiger partial charge in [0.05, 0.1) is 23.3 Å². The third-order valence-corrected chi connectivity index (χ3v) is 4.67. The molecule has 0 fully saturated rings. The molecular weight excluding hydrogens is 336 g/mol. The molecule has 0 bridgehead atoms. The second-order valence-corrected chi connectivity index (χ2v) is 6.50. The van der Waals surface area contributed by atoms with Gasteiger partial charge in [-0.05, 0) is 30.7 Å². The SMILES string of the molecule is COC(=O)c1ccc(C)c(NS(=O)(=O)c2ccccc2[N+](=O)[O-])c1. The number of para-hydroxylation sites is 1. The average Bonchev–Trinajstić information content (AvgIpc) is 2.56. The molecule has 0 saturated carbocycles. The number of methoxy groups -OCH3 is 1. The number of aryl methyl sites for hydroxylation is 1. The standard InChI is InChI=1S/C15H14N2O6S/c1-10-7-8-11(15(18)23-2)9-12(10)16-24(21,22)14-6-4-3-5-13(14)17(19)20/h3-9,16H,1-2H3. The first-order chi connectivity index (χ1) is 11.3. The van der Waals surface area contributed by atoms with Crippen LogP contribution in [0.25, 0.3) is 0 Å². The van der Waals surface area contributed by atoms with Crippen molar-refractivity contribution in [2.24, 2.45) is 0 Å². The van der Waals surface area contributed by atoms with E-state index in [0.29, 0.717) is 5.56 Å². The van der Waals surface area contributed by atoms with Gasteiger partial charge in [-0.2, -0.15) is 0 Å². The van der Waals surface area contributed by atoms with Gasteiger partial charge in [-0.1, -0.05) is 18.2 Å². The van der Waals surface area contributed by atoms with Crippen LogP contribution >= 0.6 is 0 Å². The van der Waals surface area contributed by atoms with E-state index < -0.39 is 31.5 Å². The van der Waals surface area contributed by atoms with Crippen LogP contribution in [0.2, 0.25) is 0 Å². The van der Waals surface area contributed by atoms with Crippen molar-refractivity contribution < 1.29 is 22.9 Å². The van der Waals surface area contributed by atoms with Gasteiger partial charge in [0.25, 0.3) is 15.7 Å². The van der Waals surface area contributed by atoms with Gasteiger partial charge in [0.1, 0.15) is 0 Å². The van der Waals surface area contributed by atoms with Crippen molar-refractivity contribution in [1.82, 2.24) is 0 Å². The molecule has 0 radical (unpaired) electrons. The predicted octanol–water partition coefficient (Wildman–Crippen LogP) is 2.49. The normalized spacial score (nSPS) is 10.9. The predicted molar refractivity (Wildman–Crippen MR) is 86.4 cm³/mol. The first-order valence-electron chi connectivity index (χ1n) is 6.71. The fourth-order valence-corrected chi connectivity index (χ4v) is 3.31. The summed E-state index contributed by atoms with van der Waals surface area (Å²) in [6.45, 7) is 1.64. The van der Waals surface area contributed by atoms with Crippen molar-refractivity contribution in [2.75, 3.05) is 11.8 Å². The molecule has 0 atom stereocenters. The number of nitrogens with one attached hydrogen (secondary N) is 1. The minimum Gasteiger partial charge on any atom is -0.465 e. The third kappa shape index (κ3) is 3.51. The molecule has 8 nitrogen and oxygen atoms in total. The van der Waals surface area contributed by atoms with E-state index in [-0.39, 0.29) is 11.3 Å². The van der Waals surface area contributed by atoms with Crippen LogP contribution < -0.4 is 4.72 Å². The van der Waals surface area contributed by atoms with Crippen LogP contribution in [-0.4, -0.2) is 26.4 Å². The Morgan fingerprint density at radius 3 is 2.50 bits per heavy atom. The lowest BCUT2D eigenvalue weighted by molar-refractivity contribution is -0.387. The first-order valence-corrected chi connectivity index (χ1v) is 8.20.